The van der Waals surface area contributed by atoms with Crippen LogP contribution in [0.1, 0.15) is 34.5 Å². The molecule has 2 N–H and O–H groups in total. The lowest BCUT2D eigenvalue weighted by Crippen LogP contribution is -2.48. The van der Waals surface area contributed by atoms with Crippen LogP contribution in [0.3, 0.4) is 0 Å². The van der Waals surface area contributed by atoms with Crippen molar-refractivity contribution >= 4 is 16.9 Å². The van der Waals surface area contributed by atoms with Crippen LogP contribution < -0.4 is 4.74 Å². The second kappa shape index (κ2) is 6.87. The fourth-order valence-corrected chi connectivity index (χ4v) is 4.09. The fourth-order valence-electron chi connectivity index (χ4n) is 4.09. The van der Waals surface area contributed by atoms with Gasteiger partial charge in [0.1, 0.15) is 28.4 Å². The predicted octanol–water partition coefficient (Wildman–Crippen LogP) is 3.58. The number of phenols is 1. The molecular weight excluding hydrogens is 358 g/mol. The van der Waals surface area contributed by atoms with Gasteiger partial charge in [-0.05, 0) is 44.0 Å². The van der Waals surface area contributed by atoms with Gasteiger partial charge in [-0.3, -0.25) is 4.79 Å². The third-order valence-corrected chi connectivity index (χ3v) is 5.43. The van der Waals surface area contributed by atoms with Crippen molar-refractivity contribution in [2.45, 2.75) is 25.4 Å². The van der Waals surface area contributed by atoms with Crippen LogP contribution >= 0.6 is 0 Å². The highest BCUT2D eigenvalue weighted by molar-refractivity contribution is 6.07. The number of aromatic hydroxyl groups is 1. The molecule has 0 spiro atoms. The number of ether oxygens (including phenoxy) is 1. The zero-order chi connectivity index (χ0) is 19.9. The molecule has 2 aromatic carbocycles. The molecule has 1 aliphatic heterocycles. The van der Waals surface area contributed by atoms with Gasteiger partial charge < -0.3 is 24.3 Å². The van der Waals surface area contributed by atoms with Gasteiger partial charge in [0.15, 0.2) is 0 Å². The van der Waals surface area contributed by atoms with Crippen LogP contribution in [0.4, 0.5) is 0 Å². The van der Waals surface area contributed by atoms with E-state index in [0.29, 0.717) is 53.0 Å². The van der Waals surface area contributed by atoms with Crippen molar-refractivity contribution in [1.29, 1.82) is 0 Å². The second-order valence-corrected chi connectivity index (χ2v) is 7.28. The summed E-state index contributed by atoms with van der Waals surface area (Å²) >= 11 is 0. The standard InChI is InChI=1S/C22H23NO5/c1-14-20(16-12-15(24)8-9-18(16)28-14)21(25)23-11-5-10-22(26,13-23)17-6-3-4-7-19(17)27-2/h3-4,6-9,12,24,26H,5,10-11,13H2,1-2H3. The van der Waals surface area contributed by atoms with E-state index in [4.69, 9.17) is 9.15 Å². The van der Waals surface area contributed by atoms with E-state index in [-0.39, 0.29) is 18.2 Å². The van der Waals surface area contributed by atoms with Crippen molar-refractivity contribution in [3.63, 3.8) is 0 Å². The molecule has 1 amide bonds. The Hall–Kier alpha value is -2.99. The number of β-amino-alcohol motifs (C(OH)–C–C–N with tert-alkyl or cyclic N) is 1. The number of rotatable bonds is 3. The number of carbonyl (C=O) groups excluding carboxylic acids is 1. The number of para-hydroxylation sites is 1. The number of furan rings is 1. The van der Waals surface area contributed by atoms with E-state index in [1.807, 2.05) is 24.3 Å². The van der Waals surface area contributed by atoms with Gasteiger partial charge in [-0.2, -0.15) is 0 Å². The van der Waals surface area contributed by atoms with Crippen LogP contribution in [-0.2, 0) is 5.60 Å². The fraction of sp³-hybridized carbons (Fsp3) is 0.318. The molecular formula is C22H23NO5. The summed E-state index contributed by atoms with van der Waals surface area (Å²) in [7, 11) is 1.57. The van der Waals surface area contributed by atoms with Crippen LogP contribution in [0.15, 0.2) is 46.9 Å². The molecule has 1 saturated heterocycles. The summed E-state index contributed by atoms with van der Waals surface area (Å²) in [5.41, 5.74) is 0.475. The Balaban J connectivity index is 1.70. The number of nitrogens with zero attached hydrogens (tertiary/aromatic N) is 1. The number of benzene rings is 2. The minimum atomic E-state index is -1.18. The Morgan fingerprint density at radius 1 is 1.25 bits per heavy atom. The number of aryl methyl sites for hydroxylation is 1. The Bertz CT molecular complexity index is 1040. The van der Waals surface area contributed by atoms with Gasteiger partial charge in [-0.15, -0.1) is 0 Å². The van der Waals surface area contributed by atoms with Crippen molar-refractivity contribution in [2.24, 2.45) is 0 Å². The number of fused-ring (bicyclic) bond motifs is 1. The lowest BCUT2D eigenvalue weighted by Gasteiger charge is -2.40. The summed E-state index contributed by atoms with van der Waals surface area (Å²) in [6, 6.07) is 12.1. The molecule has 1 unspecified atom stereocenters. The molecule has 0 saturated carbocycles. The molecule has 6 heteroatoms. The van der Waals surface area contributed by atoms with E-state index in [1.165, 1.54) is 12.1 Å². The lowest BCUT2D eigenvalue weighted by molar-refractivity contribution is -0.0303. The van der Waals surface area contributed by atoms with Gasteiger partial charge >= 0.3 is 0 Å². The summed E-state index contributed by atoms with van der Waals surface area (Å²) in [5.74, 6) is 0.965. The van der Waals surface area contributed by atoms with E-state index in [9.17, 15) is 15.0 Å². The Morgan fingerprint density at radius 3 is 2.82 bits per heavy atom. The van der Waals surface area contributed by atoms with Gasteiger partial charge in [-0.1, -0.05) is 18.2 Å². The average Bonchev–Trinajstić information content (AvgIpc) is 3.02. The first-order chi connectivity index (χ1) is 13.4. The van der Waals surface area contributed by atoms with Crippen LogP contribution in [0.25, 0.3) is 11.0 Å². The number of piperidine rings is 1. The number of methoxy groups -OCH3 is 1. The van der Waals surface area contributed by atoms with Crippen molar-refractivity contribution in [1.82, 2.24) is 4.90 Å². The summed E-state index contributed by atoms with van der Waals surface area (Å²) in [6.07, 6.45) is 1.21. The first kappa shape index (κ1) is 18.4. The smallest absolute Gasteiger partial charge is 0.258 e. The topological polar surface area (TPSA) is 83.1 Å². The number of carbonyl (C=O) groups is 1. The summed E-state index contributed by atoms with van der Waals surface area (Å²) in [5, 5.41) is 21.8. The van der Waals surface area contributed by atoms with Gasteiger partial charge in [0.05, 0.1) is 19.2 Å². The van der Waals surface area contributed by atoms with Crippen LogP contribution in [0.5, 0.6) is 11.5 Å². The molecule has 0 aliphatic carbocycles. The number of phenolic OH excluding ortho intramolecular Hbond substituents is 1. The first-order valence-corrected chi connectivity index (χ1v) is 9.30. The Kier molecular flexibility index (Phi) is 4.51. The van der Waals surface area contributed by atoms with E-state index in [2.05, 4.69) is 0 Å². The van der Waals surface area contributed by atoms with E-state index in [0.717, 1.165) is 0 Å². The molecule has 146 valence electrons. The molecule has 1 aromatic heterocycles. The first-order valence-electron chi connectivity index (χ1n) is 9.30. The highest BCUT2D eigenvalue weighted by atomic mass is 16.5. The highest BCUT2D eigenvalue weighted by Gasteiger charge is 2.39. The summed E-state index contributed by atoms with van der Waals surface area (Å²) < 4.78 is 11.1. The van der Waals surface area contributed by atoms with Crippen LogP contribution in [-0.4, -0.2) is 41.2 Å². The molecule has 3 aromatic rings. The maximum Gasteiger partial charge on any atom is 0.258 e. The van der Waals surface area contributed by atoms with Crippen molar-refractivity contribution < 1.29 is 24.2 Å². The van der Waals surface area contributed by atoms with Gasteiger partial charge in [0, 0.05) is 17.5 Å². The zero-order valence-corrected chi connectivity index (χ0v) is 15.9. The number of hydrogen-bond donors (Lipinski definition) is 2. The molecule has 2 heterocycles. The molecule has 1 atom stereocenters. The van der Waals surface area contributed by atoms with Crippen molar-refractivity contribution in [3.8, 4) is 11.5 Å². The van der Waals surface area contributed by atoms with Crippen molar-refractivity contribution in [3.05, 3.63) is 59.4 Å². The second-order valence-electron chi connectivity index (χ2n) is 7.28. The SMILES string of the molecule is COc1ccccc1C1(O)CCCN(C(=O)c2c(C)oc3ccc(O)cc23)C1. The van der Waals surface area contributed by atoms with Gasteiger partial charge in [0.25, 0.3) is 5.91 Å². The normalized spacial score (nSPS) is 19.8. The van der Waals surface area contributed by atoms with E-state index in [1.54, 1.807) is 25.0 Å². The Labute approximate surface area is 163 Å². The lowest BCUT2D eigenvalue weighted by atomic mass is 9.85. The molecule has 1 fully saturated rings. The molecule has 0 bridgehead atoms. The van der Waals surface area contributed by atoms with Crippen molar-refractivity contribution in [2.75, 3.05) is 20.2 Å². The van der Waals surface area contributed by atoms with Crippen LogP contribution in [0.2, 0.25) is 0 Å². The number of likely N-dealkylation sites (tertiary alicyclic amines) is 1. The zero-order valence-electron chi connectivity index (χ0n) is 15.9. The maximum atomic E-state index is 13.3. The number of amides is 1. The molecule has 6 nitrogen and oxygen atoms in total. The maximum absolute atomic E-state index is 13.3. The molecule has 28 heavy (non-hydrogen) atoms. The van der Waals surface area contributed by atoms with E-state index < -0.39 is 5.60 Å². The molecule has 4 rings (SSSR count). The van der Waals surface area contributed by atoms with Gasteiger partial charge in [-0.25, -0.2) is 0 Å². The average molecular weight is 381 g/mol. The summed E-state index contributed by atoms with van der Waals surface area (Å²) in [6.45, 7) is 2.44. The highest BCUT2D eigenvalue weighted by Crippen LogP contribution is 2.38. The third kappa shape index (κ3) is 2.99. The van der Waals surface area contributed by atoms with E-state index >= 15 is 0 Å². The monoisotopic (exact) mass is 381 g/mol. The van der Waals surface area contributed by atoms with Crippen LogP contribution in [0, 0.1) is 6.92 Å². The minimum Gasteiger partial charge on any atom is -0.508 e. The largest absolute Gasteiger partial charge is 0.508 e. The van der Waals surface area contributed by atoms with Gasteiger partial charge in [0.2, 0.25) is 0 Å². The molecule has 1 aliphatic rings. The molecule has 0 radical (unpaired) electrons. The minimum absolute atomic E-state index is 0.0755. The Morgan fingerprint density at radius 2 is 2.04 bits per heavy atom. The quantitative estimate of drug-likeness (QED) is 0.725. The summed E-state index contributed by atoms with van der Waals surface area (Å²) in [4.78, 5) is 15.0. The number of hydrogen-bond acceptors (Lipinski definition) is 5. The number of aliphatic hydroxyl groups is 1. The third-order valence-electron chi connectivity index (χ3n) is 5.43. The predicted molar refractivity (Wildman–Crippen MR) is 105 cm³/mol.